The summed E-state index contributed by atoms with van der Waals surface area (Å²) in [6.07, 6.45) is 0.669. The Hall–Kier alpha value is -0.190. The highest BCUT2D eigenvalue weighted by Crippen LogP contribution is 2.16. The Bertz CT molecular complexity index is 342. The Morgan fingerprint density at radius 1 is 1.31 bits per heavy atom. The van der Waals surface area contributed by atoms with Crippen LogP contribution in [-0.4, -0.2) is 28.6 Å². The van der Waals surface area contributed by atoms with Gasteiger partial charge >= 0.3 is 0 Å². The van der Waals surface area contributed by atoms with Gasteiger partial charge in [-0.2, -0.15) is 0 Å². The molecule has 1 aliphatic rings. The molecule has 0 saturated carbocycles. The lowest BCUT2D eigenvalue weighted by molar-refractivity contribution is -0.120. The highest BCUT2D eigenvalue weighted by Gasteiger charge is 2.24. The highest BCUT2D eigenvalue weighted by molar-refractivity contribution is 9.10. The van der Waals surface area contributed by atoms with E-state index in [0.29, 0.717) is 12.2 Å². The average Bonchev–Trinajstić information content (AvgIpc) is 2.25. The minimum absolute atomic E-state index is 0. The van der Waals surface area contributed by atoms with Crippen LogP contribution in [0.15, 0.2) is 30.3 Å². The number of ketones is 1. The van der Waals surface area contributed by atoms with Crippen molar-refractivity contribution in [2.24, 2.45) is 0 Å². The average molecular weight is 349 g/mol. The van der Waals surface area contributed by atoms with Crippen LogP contribution in [0.2, 0.25) is 0 Å². The molecule has 0 bridgehead atoms. The van der Waals surface area contributed by atoms with E-state index in [9.17, 15) is 4.79 Å². The molecule has 1 unspecified atom stereocenters. The van der Waals surface area contributed by atoms with Crippen molar-refractivity contribution < 1.29 is 4.79 Å². The molecule has 0 spiro atoms. The van der Waals surface area contributed by atoms with Gasteiger partial charge in [-0.15, -0.1) is 17.0 Å². The highest BCUT2D eigenvalue weighted by atomic mass is 79.9. The van der Waals surface area contributed by atoms with Crippen LogP contribution >= 0.6 is 32.9 Å². The third-order valence-corrected chi connectivity index (χ3v) is 3.49. The molecule has 1 saturated heterocycles. The second-order valence-electron chi connectivity index (χ2n) is 3.90. The maximum atomic E-state index is 11.3. The summed E-state index contributed by atoms with van der Waals surface area (Å²) >= 11 is 3.42. The van der Waals surface area contributed by atoms with Crippen molar-refractivity contribution >= 4 is 38.7 Å². The van der Waals surface area contributed by atoms with Crippen molar-refractivity contribution in [3.63, 3.8) is 0 Å². The molecule has 0 aliphatic carbocycles. The topological polar surface area (TPSA) is 20.3 Å². The monoisotopic (exact) mass is 347 g/mol. The third kappa shape index (κ3) is 3.68. The summed E-state index contributed by atoms with van der Waals surface area (Å²) in [5.74, 6) is 0.333. The normalized spacial score (nSPS) is 21.6. The molecule has 1 atom stereocenters. The van der Waals surface area contributed by atoms with E-state index in [2.05, 4.69) is 45.1 Å². The molecule has 2 nitrogen and oxygen atoms in total. The number of piperidine rings is 1. The van der Waals surface area contributed by atoms with Crippen LogP contribution in [-0.2, 0) is 11.3 Å². The van der Waals surface area contributed by atoms with Gasteiger partial charge in [-0.1, -0.05) is 46.3 Å². The number of rotatable bonds is 2. The summed E-state index contributed by atoms with van der Waals surface area (Å²) in [6.45, 7) is 2.65. The number of benzene rings is 1. The first kappa shape index (κ1) is 13.9. The van der Waals surface area contributed by atoms with Gasteiger partial charge in [0.1, 0.15) is 5.78 Å². The zero-order valence-corrected chi connectivity index (χ0v) is 12.2. The van der Waals surface area contributed by atoms with Crippen LogP contribution in [0, 0.1) is 0 Å². The molecule has 16 heavy (non-hydrogen) atoms. The van der Waals surface area contributed by atoms with Crippen LogP contribution in [0.4, 0.5) is 0 Å². The van der Waals surface area contributed by atoms with Gasteiger partial charge in [0.25, 0.3) is 0 Å². The Balaban J connectivity index is 0.00000128. The van der Waals surface area contributed by atoms with Crippen molar-refractivity contribution in [1.82, 2.24) is 4.90 Å². The lowest BCUT2D eigenvalue weighted by Gasteiger charge is -2.28. The molecule has 0 N–H and O–H groups in total. The van der Waals surface area contributed by atoms with Crippen molar-refractivity contribution in [1.29, 1.82) is 0 Å². The van der Waals surface area contributed by atoms with Gasteiger partial charge in [0.2, 0.25) is 0 Å². The third-order valence-electron chi connectivity index (χ3n) is 2.69. The molecule has 0 amide bonds. The van der Waals surface area contributed by atoms with Crippen molar-refractivity contribution in [3.8, 4) is 0 Å². The molecule has 0 radical (unpaired) electrons. The van der Waals surface area contributed by atoms with Crippen LogP contribution in [0.3, 0.4) is 0 Å². The summed E-state index contributed by atoms with van der Waals surface area (Å²) in [5.41, 5.74) is 1.31. The number of carbonyl (C=O) groups excluding carboxylic acids is 1. The fourth-order valence-electron chi connectivity index (χ4n) is 1.83. The van der Waals surface area contributed by atoms with E-state index in [1.165, 1.54) is 5.56 Å². The van der Waals surface area contributed by atoms with Crippen LogP contribution in [0.1, 0.15) is 12.0 Å². The second-order valence-corrected chi connectivity index (χ2v) is 5.01. The van der Waals surface area contributed by atoms with E-state index in [1.807, 2.05) is 6.07 Å². The van der Waals surface area contributed by atoms with E-state index in [1.54, 1.807) is 0 Å². The van der Waals surface area contributed by atoms with Crippen LogP contribution in [0.5, 0.6) is 0 Å². The molecule has 1 aliphatic heterocycles. The standard InChI is InChI=1S/C12H14BrNO.BrH/c13-11-9-14(7-6-12(11)15)8-10-4-2-1-3-5-10;/h1-5,11H,6-9H2;1H. The van der Waals surface area contributed by atoms with Gasteiger partial charge in [-0.3, -0.25) is 9.69 Å². The van der Waals surface area contributed by atoms with E-state index in [4.69, 9.17) is 0 Å². The number of Topliss-reactive ketones (excluding diaryl/α,β-unsaturated/α-hetero) is 1. The van der Waals surface area contributed by atoms with Crippen molar-refractivity contribution in [2.75, 3.05) is 13.1 Å². The molecule has 1 fully saturated rings. The predicted octanol–water partition coefficient (Wildman–Crippen LogP) is 2.80. The fourth-order valence-corrected chi connectivity index (χ4v) is 2.47. The van der Waals surface area contributed by atoms with Gasteiger partial charge < -0.3 is 0 Å². The minimum Gasteiger partial charge on any atom is -0.298 e. The fraction of sp³-hybridized carbons (Fsp3) is 0.417. The molecule has 0 aromatic heterocycles. The summed E-state index contributed by atoms with van der Waals surface area (Å²) in [7, 11) is 0. The van der Waals surface area contributed by atoms with Crippen LogP contribution < -0.4 is 0 Å². The smallest absolute Gasteiger partial charge is 0.149 e. The quantitative estimate of drug-likeness (QED) is 0.766. The first-order valence-electron chi connectivity index (χ1n) is 5.19. The Morgan fingerprint density at radius 2 is 2.00 bits per heavy atom. The molecular formula is C12H15Br2NO. The van der Waals surface area contributed by atoms with Gasteiger partial charge in [0.15, 0.2) is 0 Å². The Kier molecular flexibility index (Phi) is 5.66. The van der Waals surface area contributed by atoms with Crippen molar-refractivity contribution in [2.45, 2.75) is 17.8 Å². The number of likely N-dealkylation sites (tertiary alicyclic amines) is 1. The summed E-state index contributed by atoms with van der Waals surface area (Å²) in [4.78, 5) is 13.7. The molecule has 1 aromatic rings. The number of carbonyl (C=O) groups is 1. The summed E-state index contributed by atoms with van der Waals surface area (Å²) in [6, 6.07) is 10.4. The molecule has 1 aromatic carbocycles. The number of hydrogen-bond donors (Lipinski definition) is 0. The van der Waals surface area contributed by atoms with E-state index in [0.717, 1.165) is 19.6 Å². The lowest BCUT2D eigenvalue weighted by Crippen LogP contribution is -2.40. The minimum atomic E-state index is 0. The number of alkyl halides is 1. The zero-order valence-electron chi connectivity index (χ0n) is 8.93. The van der Waals surface area contributed by atoms with E-state index < -0.39 is 0 Å². The van der Waals surface area contributed by atoms with Gasteiger partial charge in [0.05, 0.1) is 4.83 Å². The molecule has 4 heteroatoms. The Labute approximate surface area is 115 Å². The van der Waals surface area contributed by atoms with Gasteiger partial charge in [0, 0.05) is 26.1 Å². The molecule has 88 valence electrons. The van der Waals surface area contributed by atoms with Gasteiger partial charge in [-0.05, 0) is 5.56 Å². The summed E-state index contributed by atoms with van der Waals surface area (Å²) in [5, 5.41) is 0. The SMILES string of the molecule is Br.O=C1CCN(Cc2ccccc2)CC1Br. The van der Waals surface area contributed by atoms with Crippen molar-refractivity contribution in [3.05, 3.63) is 35.9 Å². The maximum absolute atomic E-state index is 11.3. The molecular weight excluding hydrogens is 334 g/mol. The van der Waals surface area contributed by atoms with Gasteiger partial charge in [-0.25, -0.2) is 0 Å². The number of halogens is 2. The predicted molar refractivity (Wildman–Crippen MR) is 74.4 cm³/mol. The zero-order chi connectivity index (χ0) is 10.7. The van der Waals surface area contributed by atoms with E-state index >= 15 is 0 Å². The molecule has 1 heterocycles. The maximum Gasteiger partial charge on any atom is 0.149 e. The number of hydrogen-bond acceptors (Lipinski definition) is 2. The molecule has 2 rings (SSSR count). The number of nitrogens with zero attached hydrogens (tertiary/aromatic N) is 1. The largest absolute Gasteiger partial charge is 0.298 e. The first-order valence-corrected chi connectivity index (χ1v) is 6.10. The van der Waals surface area contributed by atoms with Crippen LogP contribution in [0.25, 0.3) is 0 Å². The second kappa shape index (κ2) is 6.52. The Morgan fingerprint density at radius 3 is 2.62 bits per heavy atom. The first-order chi connectivity index (χ1) is 7.25. The lowest BCUT2D eigenvalue weighted by atomic mass is 10.1. The summed E-state index contributed by atoms with van der Waals surface area (Å²) < 4.78 is 0. The van der Waals surface area contributed by atoms with E-state index in [-0.39, 0.29) is 21.8 Å².